The number of hydrogen-bond donors (Lipinski definition) is 1. The van der Waals surface area contributed by atoms with Crippen LogP contribution in [0.2, 0.25) is 0 Å². The fraction of sp³-hybridized carbons (Fsp3) is 0.242. The van der Waals surface area contributed by atoms with Gasteiger partial charge >= 0.3 is 6.01 Å². The standard InChI is InChI=1S/C33H31N3O3/c1-3-5-10-21(4-2)20-38-33-35-31(34-32(36-33)25-13-8-9-14-27(25)37)23-15-17-26-29(19-23)39-28-18-16-22-11-6-7-12-24(22)30(26)28/h6-9,11-19,21,37H,3-5,10,20H2,1-2H3. The highest BCUT2D eigenvalue weighted by Crippen LogP contribution is 2.36. The molecule has 0 amide bonds. The third-order valence-corrected chi connectivity index (χ3v) is 7.37. The number of rotatable bonds is 9. The number of aromatic nitrogens is 3. The largest absolute Gasteiger partial charge is 0.507 e. The van der Waals surface area contributed by atoms with Crippen molar-refractivity contribution in [1.29, 1.82) is 0 Å². The number of phenolic OH excluding ortho intramolecular Hbond substituents is 1. The van der Waals surface area contributed by atoms with Crippen LogP contribution in [0.4, 0.5) is 0 Å². The Balaban J connectivity index is 1.43. The van der Waals surface area contributed by atoms with Crippen LogP contribution in [0.25, 0.3) is 55.5 Å². The molecule has 2 aromatic heterocycles. The van der Waals surface area contributed by atoms with Crippen LogP contribution in [0.5, 0.6) is 11.8 Å². The van der Waals surface area contributed by atoms with Gasteiger partial charge in [-0.2, -0.15) is 9.97 Å². The van der Waals surface area contributed by atoms with E-state index >= 15 is 0 Å². The zero-order chi connectivity index (χ0) is 26.8. The first-order valence-corrected chi connectivity index (χ1v) is 13.7. The summed E-state index contributed by atoms with van der Waals surface area (Å²) in [7, 11) is 0. The molecule has 4 aromatic carbocycles. The van der Waals surface area contributed by atoms with E-state index in [1.807, 2.05) is 36.4 Å². The Labute approximate surface area is 227 Å². The summed E-state index contributed by atoms with van der Waals surface area (Å²) < 4.78 is 12.4. The minimum Gasteiger partial charge on any atom is -0.507 e. The molecule has 196 valence electrons. The molecule has 2 heterocycles. The van der Waals surface area contributed by atoms with Gasteiger partial charge in [0.15, 0.2) is 11.6 Å². The molecule has 0 spiro atoms. The van der Waals surface area contributed by atoms with E-state index < -0.39 is 0 Å². The second-order valence-corrected chi connectivity index (χ2v) is 9.98. The third kappa shape index (κ3) is 4.90. The maximum absolute atomic E-state index is 10.5. The molecule has 39 heavy (non-hydrogen) atoms. The van der Waals surface area contributed by atoms with E-state index in [0.29, 0.717) is 29.7 Å². The van der Waals surface area contributed by atoms with Gasteiger partial charge in [0.1, 0.15) is 16.9 Å². The summed E-state index contributed by atoms with van der Waals surface area (Å²) in [5.41, 5.74) is 2.91. The maximum Gasteiger partial charge on any atom is 0.320 e. The molecule has 0 bridgehead atoms. The van der Waals surface area contributed by atoms with E-state index in [-0.39, 0.29) is 11.8 Å². The molecule has 1 atom stereocenters. The average molecular weight is 518 g/mol. The van der Waals surface area contributed by atoms with Crippen molar-refractivity contribution in [2.75, 3.05) is 6.61 Å². The lowest BCUT2D eigenvalue weighted by Gasteiger charge is -2.15. The summed E-state index contributed by atoms with van der Waals surface area (Å²) in [4.78, 5) is 14.0. The van der Waals surface area contributed by atoms with Gasteiger partial charge < -0.3 is 14.3 Å². The molecule has 0 radical (unpaired) electrons. The minimum absolute atomic E-state index is 0.106. The summed E-state index contributed by atoms with van der Waals surface area (Å²) in [5, 5.41) is 15.0. The first-order valence-electron chi connectivity index (χ1n) is 13.7. The molecule has 0 fully saturated rings. The highest BCUT2D eigenvalue weighted by Gasteiger charge is 2.17. The summed E-state index contributed by atoms with van der Waals surface area (Å²) in [5.74, 6) is 1.37. The molecule has 0 saturated carbocycles. The molecule has 1 unspecified atom stereocenters. The predicted molar refractivity (Wildman–Crippen MR) is 156 cm³/mol. The van der Waals surface area contributed by atoms with Crippen LogP contribution >= 0.6 is 0 Å². The lowest BCUT2D eigenvalue weighted by atomic mass is 10.0. The highest BCUT2D eigenvalue weighted by atomic mass is 16.5. The minimum atomic E-state index is 0.106. The molecule has 0 aliphatic rings. The van der Waals surface area contributed by atoms with Crippen molar-refractivity contribution in [3.63, 3.8) is 0 Å². The van der Waals surface area contributed by atoms with E-state index in [0.717, 1.165) is 52.2 Å². The van der Waals surface area contributed by atoms with Crippen LogP contribution in [0, 0.1) is 5.92 Å². The Bertz CT molecular complexity index is 1780. The Morgan fingerprint density at radius 2 is 1.64 bits per heavy atom. The average Bonchev–Trinajstić information content (AvgIpc) is 3.36. The van der Waals surface area contributed by atoms with E-state index in [4.69, 9.17) is 14.1 Å². The number of phenols is 1. The van der Waals surface area contributed by atoms with E-state index in [1.165, 1.54) is 11.8 Å². The van der Waals surface area contributed by atoms with Crippen molar-refractivity contribution < 1.29 is 14.3 Å². The third-order valence-electron chi connectivity index (χ3n) is 7.37. The number of fused-ring (bicyclic) bond motifs is 5. The Hall–Kier alpha value is -4.45. The molecule has 1 N–H and O–H groups in total. The maximum atomic E-state index is 10.5. The van der Waals surface area contributed by atoms with Crippen molar-refractivity contribution >= 4 is 32.7 Å². The summed E-state index contributed by atoms with van der Waals surface area (Å²) in [6, 6.07) is 25.8. The van der Waals surface area contributed by atoms with Crippen molar-refractivity contribution in [3.8, 4) is 34.5 Å². The molecule has 6 aromatic rings. The number of nitrogens with zero attached hydrogens (tertiary/aromatic N) is 3. The monoisotopic (exact) mass is 517 g/mol. The highest BCUT2D eigenvalue weighted by molar-refractivity contribution is 6.19. The number of para-hydroxylation sites is 1. The zero-order valence-corrected chi connectivity index (χ0v) is 22.2. The van der Waals surface area contributed by atoms with Gasteiger partial charge in [-0.1, -0.05) is 81.6 Å². The molecule has 6 rings (SSSR count). The lowest BCUT2D eigenvalue weighted by Crippen LogP contribution is -2.13. The number of ether oxygens (including phenoxy) is 1. The van der Waals surface area contributed by atoms with E-state index in [2.05, 4.69) is 48.1 Å². The molecule has 0 aliphatic heterocycles. The first kappa shape index (κ1) is 24.9. The van der Waals surface area contributed by atoms with Crippen molar-refractivity contribution in [2.24, 2.45) is 5.92 Å². The Morgan fingerprint density at radius 3 is 2.49 bits per heavy atom. The normalized spacial score (nSPS) is 12.4. The van der Waals surface area contributed by atoms with Crippen molar-refractivity contribution in [1.82, 2.24) is 15.0 Å². The fourth-order valence-electron chi connectivity index (χ4n) is 5.11. The zero-order valence-electron chi connectivity index (χ0n) is 22.2. The predicted octanol–water partition coefficient (Wildman–Crippen LogP) is 8.56. The van der Waals surface area contributed by atoms with Gasteiger partial charge in [-0.15, -0.1) is 0 Å². The van der Waals surface area contributed by atoms with E-state index in [9.17, 15) is 5.11 Å². The number of aromatic hydroxyl groups is 1. The van der Waals surface area contributed by atoms with Crippen LogP contribution in [0.15, 0.2) is 83.3 Å². The van der Waals surface area contributed by atoms with Crippen LogP contribution < -0.4 is 4.74 Å². The number of furan rings is 1. The lowest BCUT2D eigenvalue weighted by molar-refractivity contribution is 0.217. The quantitative estimate of drug-likeness (QED) is 0.207. The second kappa shape index (κ2) is 10.7. The van der Waals surface area contributed by atoms with Crippen LogP contribution in [-0.4, -0.2) is 26.7 Å². The van der Waals surface area contributed by atoms with Gasteiger partial charge in [-0.05, 0) is 53.4 Å². The van der Waals surface area contributed by atoms with Gasteiger partial charge in [-0.25, -0.2) is 4.98 Å². The van der Waals surface area contributed by atoms with Crippen LogP contribution in [0.1, 0.15) is 39.5 Å². The first-order chi connectivity index (χ1) is 19.1. The van der Waals surface area contributed by atoms with Gasteiger partial charge in [0.25, 0.3) is 0 Å². The molecular formula is C33H31N3O3. The smallest absolute Gasteiger partial charge is 0.320 e. The number of hydrogen-bond acceptors (Lipinski definition) is 6. The molecule has 6 heteroatoms. The van der Waals surface area contributed by atoms with Crippen molar-refractivity contribution in [2.45, 2.75) is 39.5 Å². The Morgan fingerprint density at radius 1 is 0.821 bits per heavy atom. The van der Waals surface area contributed by atoms with Crippen LogP contribution in [-0.2, 0) is 0 Å². The van der Waals surface area contributed by atoms with Gasteiger partial charge in [0, 0.05) is 16.3 Å². The van der Waals surface area contributed by atoms with Gasteiger partial charge in [0.05, 0.1) is 12.2 Å². The van der Waals surface area contributed by atoms with E-state index in [1.54, 1.807) is 18.2 Å². The molecule has 6 nitrogen and oxygen atoms in total. The van der Waals surface area contributed by atoms with Crippen LogP contribution in [0.3, 0.4) is 0 Å². The fourth-order valence-corrected chi connectivity index (χ4v) is 5.11. The Kier molecular flexibility index (Phi) is 6.84. The summed E-state index contributed by atoms with van der Waals surface area (Å²) >= 11 is 0. The summed E-state index contributed by atoms with van der Waals surface area (Å²) in [6.07, 6.45) is 4.46. The molecular weight excluding hydrogens is 486 g/mol. The van der Waals surface area contributed by atoms with Gasteiger partial charge in [0.2, 0.25) is 0 Å². The van der Waals surface area contributed by atoms with Crippen molar-refractivity contribution in [3.05, 3.63) is 78.9 Å². The molecule has 0 saturated heterocycles. The number of benzene rings is 4. The second-order valence-electron chi connectivity index (χ2n) is 9.98. The molecule has 0 aliphatic carbocycles. The van der Waals surface area contributed by atoms with Gasteiger partial charge in [-0.3, -0.25) is 0 Å². The SMILES string of the molecule is CCCCC(CC)COc1nc(-c2ccc3c(c2)oc2ccc4ccccc4c23)nc(-c2ccccc2O)n1. The number of unbranched alkanes of at least 4 members (excludes halogenated alkanes) is 1. The summed E-state index contributed by atoms with van der Waals surface area (Å²) in [6.45, 7) is 4.92. The topological polar surface area (TPSA) is 81.3 Å².